The minimum atomic E-state index is -2.90. The second-order valence-electron chi connectivity index (χ2n) is 6.05. The lowest BCUT2D eigenvalue weighted by Crippen LogP contribution is -2.57. The zero-order valence-corrected chi connectivity index (χ0v) is 13.8. The van der Waals surface area contributed by atoms with E-state index in [0.717, 1.165) is 19.6 Å². The maximum atomic E-state index is 11.9. The third-order valence-electron chi connectivity index (χ3n) is 4.13. The number of nitrogens with one attached hydrogen (secondary N) is 1. The van der Waals surface area contributed by atoms with Crippen molar-refractivity contribution in [3.05, 3.63) is 35.9 Å². The number of sulfone groups is 1. The third-order valence-corrected chi connectivity index (χ3v) is 5.96. The highest BCUT2D eigenvalue weighted by atomic mass is 32.2. The number of hydrogen-bond donors (Lipinski definition) is 1. The molecule has 0 aromatic heterocycles. The lowest BCUT2D eigenvalue weighted by Gasteiger charge is -2.42. The van der Waals surface area contributed by atoms with E-state index < -0.39 is 9.84 Å². The van der Waals surface area contributed by atoms with Crippen molar-refractivity contribution in [2.75, 3.05) is 37.7 Å². The minimum Gasteiger partial charge on any atom is -0.305 e. The lowest BCUT2D eigenvalue weighted by molar-refractivity contribution is 0.150. The standard InChI is InChI=1S/C16H26N2O2S/c1-3-12-21(19,20)13-11-18-10-9-17-16(2,14-18)15-7-5-4-6-8-15/h4-8,17H,3,9-14H2,1-2H3. The zero-order chi connectivity index (χ0) is 15.3. The van der Waals surface area contributed by atoms with Gasteiger partial charge in [0.2, 0.25) is 0 Å². The highest BCUT2D eigenvalue weighted by Gasteiger charge is 2.32. The van der Waals surface area contributed by atoms with E-state index in [4.69, 9.17) is 0 Å². The Bertz CT molecular complexity index is 545. The molecule has 21 heavy (non-hydrogen) atoms. The normalized spacial score (nSPS) is 24.1. The maximum absolute atomic E-state index is 11.9. The van der Waals surface area contributed by atoms with E-state index in [1.54, 1.807) is 0 Å². The van der Waals surface area contributed by atoms with Gasteiger partial charge in [0, 0.05) is 31.9 Å². The molecule has 1 aromatic rings. The monoisotopic (exact) mass is 310 g/mol. The molecule has 1 aromatic carbocycles. The van der Waals surface area contributed by atoms with Crippen molar-refractivity contribution >= 4 is 9.84 Å². The Morgan fingerprint density at radius 3 is 2.62 bits per heavy atom. The largest absolute Gasteiger partial charge is 0.305 e. The van der Waals surface area contributed by atoms with E-state index in [9.17, 15) is 8.42 Å². The summed E-state index contributed by atoms with van der Waals surface area (Å²) >= 11 is 0. The highest BCUT2D eigenvalue weighted by molar-refractivity contribution is 7.91. The fourth-order valence-electron chi connectivity index (χ4n) is 2.94. The molecule has 0 saturated carbocycles. The van der Waals surface area contributed by atoms with Crippen molar-refractivity contribution in [1.82, 2.24) is 10.2 Å². The molecule has 0 radical (unpaired) electrons. The van der Waals surface area contributed by atoms with Gasteiger partial charge in [0.1, 0.15) is 0 Å². The van der Waals surface area contributed by atoms with Crippen LogP contribution in [0.15, 0.2) is 30.3 Å². The summed E-state index contributed by atoms with van der Waals surface area (Å²) in [6.07, 6.45) is 0.700. The molecule has 0 bridgehead atoms. The van der Waals surface area contributed by atoms with Crippen LogP contribution in [0.2, 0.25) is 0 Å². The lowest BCUT2D eigenvalue weighted by atomic mass is 9.90. The van der Waals surface area contributed by atoms with Crippen molar-refractivity contribution in [1.29, 1.82) is 0 Å². The predicted octanol–water partition coefficient (Wildman–Crippen LogP) is 1.63. The summed E-state index contributed by atoms with van der Waals surface area (Å²) in [5.41, 5.74) is 1.15. The molecule has 0 aliphatic carbocycles. The Morgan fingerprint density at radius 2 is 1.95 bits per heavy atom. The molecular weight excluding hydrogens is 284 g/mol. The molecule has 118 valence electrons. The van der Waals surface area contributed by atoms with E-state index in [-0.39, 0.29) is 11.3 Å². The summed E-state index contributed by atoms with van der Waals surface area (Å²) < 4.78 is 23.7. The van der Waals surface area contributed by atoms with Crippen molar-refractivity contribution in [2.24, 2.45) is 0 Å². The number of benzene rings is 1. The number of piperazine rings is 1. The van der Waals surface area contributed by atoms with E-state index >= 15 is 0 Å². The molecule has 0 amide bonds. The summed E-state index contributed by atoms with van der Waals surface area (Å²) in [7, 11) is -2.90. The van der Waals surface area contributed by atoms with Crippen molar-refractivity contribution in [2.45, 2.75) is 25.8 Å². The van der Waals surface area contributed by atoms with Crippen molar-refractivity contribution in [3.63, 3.8) is 0 Å². The second kappa shape index (κ2) is 6.90. The van der Waals surface area contributed by atoms with Crippen LogP contribution in [0.25, 0.3) is 0 Å². The first-order valence-electron chi connectivity index (χ1n) is 7.68. The van der Waals surface area contributed by atoms with Gasteiger partial charge in [-0.1, -0.05) is 37.3 Å². The molecule has 1 fully saturated rings. The molecule has 4 nitrogen and oxygen atoms in total. The van der Waals surface area contributed by atoms with Gasteiger partial charge < -0.3 is 5.32 Å². The fourth-order valence-corrected chi connectivity index (χ4v) is 4.31. The Kier molecular flexibility index (Phi) is 5.41. The van der Waals surface area contributed by atoms with E-state index in [2.05, 4.69) is 29.3 Å². The first kappa shape index (κ1) is 16.5. The Morgan fingerprint density at radius 1 is 1.24 bits per heavy atom. The number of rotatable bonds is 6. The van der Waals surface area contributed by atoms with Gasteiger partial charge in [-0.05, 0) is 18.9 Å². The first-order valence-corrected chi connectivity index (χ1v) is 9.51. The number of hydrogen-bond acceptors (Lipinski definition) is 4. The Balaban J connectivity index is 1.98. The highest BCUT2D eigenvalue weighted by Crippen LogP contribution is 2.24. The first-order chi connectivity index (χ1) is 9.95. The van der Waals surface area contributed by atoms with Crippen LogP contribution >= 0.6 is 0 Å². The molecule has 1 atom stereocenters. The molecule has 1 heterocycles. The van der Waals surface area contributed by atoms with Crippen LogP contribution in [-0.4, -0.2) is 51.0 Å². The molecule has 1 saturated heterocycles. The van der Waals surface area contributed by atoms with Gasteiger partial charge in [0.25, 0.3) is 0 Å². The minimum absolute atomic E-state index is 0.103. The van der Waals surface area contributed by atoms with E-state index in [1.165, 1.54) is 5.56 Å². The molecule has 1 aliphatic heterocycles. The van der Waals surface area contributed by atoms with Gasteiger partial charge in [-0.2, -0.15) is 0 Å². The van der Waals surface area contributed by atoms with Gasteiger partial charge in [-0.25, -0.2) is 8.42 Å². The SMILES string of the molecule is CCCS(=O)(=O)CCN1CCNC(C)(c2ccccc2)C1. The van der Waals surface area contributed by atoms with Crippen LogP contribution in [0, 0.1) is 0 Å². The maximum Gasteiger partial charge on any atom is 0.151 e. The van der Waals surface area contributed by atoms with Crippen LogP contribution < -0.4 is 5.32 Å². The topological polar surface area (TPSA) is 49.4 Å². The fraction of sp³-hybridized carbons (Fsp3) is 0.625. The predicted molar refractivity (Wildman–Crippen MR) is 87.2 cm³/mol. The van der Waals surface area contributed by atoms with Crippen LogP contribution in [0.5, 0.6) is 0 Å². The van der Waals surface area contributed by atoms with Gasteiger partial charge in [-0.3, -0.25) is 4.90 Å². The molecule has 0 spiro atoms. The summed E-state index contributed by atoms with van der Waals surface area (Å²) in [5.74, 6) is 0.570. The Labute approximate surface area is 128 Å². The summed E-state index contributed by atoms with van der Waals surface area (Å²) in [4.78, 5) is 2.26. The van der Waals surface area contributed by atoms with Gasteiger partial charge in [0.05, 0.1) is 11.3 Å². The van der Waals surface area contributed by atoms with Crippen LogP contribution in [0.1, 0.15) is 25.8 Å². The summed E-state index contributed by atoms with van der Waals surface area (Å²) in [6.45, 7) is 7.37. The zero-order valence-electron chi connectivity index (χ0n) is 13.0. The molecule has 1 N–H and O–H groups in total. The molecular formula is C16H26N2O2S. The molecule has 1 unspecified atom stereocenters. The Hall–Kier alpha value is -0.910. The summed E-state index contributed by atoms with van der Waals surface area (Å²) in [6, 6.07) is 10.4. The van der Waals surface area contributed by atoms with Crippen LogP contribution in [-0.2, 0) is 15.4 Å². The van der Waals surface area contributed by atoms with Crippen LogP contribution in [0.3, 0.4) is 0 Å². The average Bonchev–Trinajstić information content (AvgIpc) is 2.46. The van der Waals surface area contributed by atoms with Crippen LogP contribution in [0.4, 0.5) is 0 Å². The summed E-state index contributed by atoms with van der Waals surface area (Å²) in [5, 5.41) is 3.57. The van der Waals surface area contributed by atoms with E-state index in [1.807, 2.05) is 25.1 Å². The smallest absolute Gasteiger partial charge is 0.151 e. The molecule has 1 aliphatic rings. The van der Waals surface area contributed by atoms with E-state index in [0.29, 0.717) is 18.7 Å². The van der Waals surface area contributed by atoms with Gasteiger partial charge in [-0.15, -0.1) is 0 Å². The number of nitrogens with zero attached hydrogens (tertiary/aromatic N) is 1. The second-order valence-corrected chi connectivity index (χ2v) is 8.36. The average molecular weight is 310 g/mol. The van der Waals surface area contributed by atoms with Crippen molar-refractivity contribution in [3.8, 4) is 0 Å². The third kappa shape index (κ3) is 4.53. The van der Waals surface area contributed by atoms with Gasteiger partial charge >= 0.3 is 0 Å². The van der Waals surface area contributed by atoms with Gasteiger partial charge in [0.15, 0.2) is 9.84 Å². The van der Waals surface area contributed by atoms with Crippen molar-refractivity contribution < 1.29 is 8.42 Å². The quantitative estimate of drug-likeness (QED) is 0.868. The molecule has 5 heteroatoms. The molecule has 2 rings (SSSR count).